The Morgan fingerprint density at radius 1 is 0.955 bits per heavy atom. The van der Waals surface area contributed by atoms with Crippen LogP contribution in [0.5, 0.6) is 0 Å². The van der Waals surface area contributed by atoms with Gasteiger partial charge < -0.3 is 15.1 Å². The van der Waals surface area contributed by atoms with Crippen molar-refractivity contribution in [1.29, 1.82) is 0 Å². The summed E-state index contributed by atoms with van der Waals surface area (Å²) in [6.07, 6.45) is -14.0. The summed E-state index contributed by atoms with van der Waals surface area (Å²) >= 11 is 12.3. The fourth-order valence-corrected chi connectivity index (χ4v) is 5.04. The highest BCUT2D eigenvalue weighted by molar-refractivity contribution is 6.32. The predicted octanol–water partition coefficient (Wildman–Crippen LogP) is 4.46. The van der Waals surface area contributed by atoms with Gasteiger partial charge in [-0.25, -0.2) is 9.48 Å². The molecular weight excluding hydrogens is 643 g/mol. The number of hydrogen-bond acceptors (Lipinski definition) is 7. The third-order valence-corrected chi connectivity index (χ3v) is 7.74. The van der Waals surface area contributed by atoms with E-state index >= 15 is 0 Å². The minimum Gasteiger partial charge on any atom is -0.382 e. The van der Waals surface area contributed by atoms with E-state index in [2.05, 4.69) is 15.2 Å². The Hall–Kier alpha value is -3.60. The van der Waals surface area contributed by atoms with Gasteiger partial charge in [0.15, 0.2) is 23.4 Å². The molecule has 0 radical (unpaired) electrons. The first kappa shape index (κ1) is 31.8. The molecule has 18 heteroatoms. The van der Waals surface area contributed by atoms with E-state index in [0.717, 1.165) is 4.68 Å². The highest BCUT2D eigenvalue weighted by atomic mass is 35.5. The number of alkyl halides is 6. The fourth-order valence-electron chi connectivity index (χ4n) is 4.69. The second-order valence-electron chi connectivity index (χ2n) is 10.1. The third kappa shape index (κ3) is 6.29. The van der Waals surface area contributed by atoms with E-state index in [1.165, 1.54) is 33.8 Å². The number of para-hydroxylation sites is 1. The van der Waals surface area contributed by atoms with Crippen molar-refractivity contribution in [3.05, 3.63) is 74.9 Å². The average molecular weight is 666 g/mol. The number of hydrogen-bond donors (Lipinski definition) is 2. The molecule has 2 aromatic heterocycles. The van der Waals surface area contributed by atoms with Gasteiger partial charge in [0.2, 0.25) is 5.95 Å². The summed E-state index contributed by atoms with van der Waals surface area (Å²) in [6, 6.07) is 12.2. The molecule has 10 nitrogen and oxygen atoms in total. The van der Waals surface area contributed by atoms with Crippen LogP contribution in [0.3, 0.4) is 0 Å². The van der Waals surface area contributed by atoms with Gasteiger partial charge in [-0.3, -0.25) is 4.57 Å². The van der Waals surface area contributed by atoms with Crippen molar-refractivity contribution in [2.45, 2.75) is 50.0 Å². The molecule has 1 fully saturated rings. The van der Waals surface area contributed by atoms with E-state index in [1.54, 1.807) is 24.3 Å². The highest BCUT2D eigenvalue weighted by Gasteiger charge is 2.55. The second-order valence-corrected chi connectivity index (χ2v) is 11.0. The maximum atomic E-state index is 13.4. The molecule has 44 heavy (non-hydrogen) atoms. The molecule has 1 saturated heterocycles. The molecule has 5 rings (SSSR count). The van der Waals surface area contributed by atoms with Gasteiger partial charge in [0.05, 0.1) is 17.3 Å². The zero-order chi connectivity index (χ0) is 32.0. The summed E-state index contributed by atoms with van der Waals surface area (Å²) in [4.78, 5) is 19.2. The van der Waals surface area contributed by atoms with Gasteiger partial charge in [0, 0.05) is 36.5 Å². The number of piperidine rings is 1. The zero-order valence-corrected chi connectivity index (χ0v) is 23.9. The van der Waals surface area contributed by atoms with Gasteiger partial charge >= 0.3 is 18.0 Å². The number of halogens is 8. The topological polar surface area (TPSA) is 114 Å². The smallest absolute Gasteiger partial charge is 0.382 e. The summed E-state index contributed by atoms with van der Waals surface area (Å²) in [5, 5.41) is 29.0. The molecule has 2 aromatic carbocycles. The largest absolute Gasteiger partial charge is 0.417 e. The van der Waals surface area contributed by atoms with Crippen molar-refractivity contribution in [3.63, 3.8) is 0 Å². The lowest BCUT2D eigenvalue weighted by atomic mass is 9.91. The molecule has 236 valence electrons. The van der Waals surface area contributed by atoms with Crippen LogP contribution in [0.25, 0.3) is 17.1 Å². The van der Waals surface area contributed by atoms with Crippen LogP contribution in [0.2, 0.25) is 10.0 Å². The molecule has 0 unspecified atom stereocenters. The molecule has 0 amide bonds. The quantitative estimate of drug-likeness (QED) is 0.280. The lowest BCUT2D eigenvalue weighted by Crippen LogP contribution is -2.53. The van der Waals surface area contributed by atoms with Crippen molar-refractivity contribution < 1.29 is 36.6 Å². The average Bonchev–Trinajstić information content (AvgIpc) is 3.50. The van der Waals surface area contributed by atoms with E-state index in [9.17, 15) is 41.4 Å². The van der Waals surface area contributed by atoms with Crippen LogP contribution in [0.4, 0.5) is 32.3 Å². The molecule has 2 N–H and O–H groups in total. The van der Waals surface area contributed by atoms with Gasteiger partial charge in [0.25, 0.3) is 0 Å². The number of aliphatic hydroxyl groups is 2. The second kappa shape index (κ2) is 11.7. The molecule has 0 aliphatic carbocycles. The molecule has 4 aromatic rings. The Morgan fingerprint density at radius 3 is 2.18 bits per heavy atom. The number of benzene rings is 2. The molecule has 0 spiro atoms. The number of anilines is 1. The molecule has 1 aliphatic rings. The summed E-state index contributed by atoms with van der Waals surface area (Å²) in [6.45, 7) is -2.10. The Bertz CT molecular complexity index is 1690. The molecule has 0 bridgehead atoms. The molecule has 3 heterocycles. The van der Waals surface area contributed by atoms with E-state index in [-0.39, 0.29) is 41.3 Å². The number of nitrogens with zero attached hydrogens (tertiary/aromatic N) is 7. The van der Waals surface area contributed by atoms with Crippen LogP contribution in [0.15, 0.2) is 53.3 Å². The van der Waals surface area contributed by atoms with Crippen molar-refractivity contribution in [1.82, 2.24) is 29.1 Å². The number of rotatable bonds is 7. The van der Waals surface area contributed by atoms with Crippen LogP contribution < -0.4 is 10.6 Å². The minimum absolute atomic E-state index is 0.0650. The Labute approximate surface area is 254 Å². The molecule has 0 saturated carbocycles. The van der Waals surface area contributed by atoms with Crippen LogP contribution in [-0.2, 0) is 13.1 Å². The Balaban J connectivity index is 1.54. The summed E-state index contributed by atoms with van der Waals surface area (Å²) in [5.74, 6) is -0.194. The van der Waals surface area contributed by atoms with Gasteiger partial charge in [-0.15, -0.1) is 10.2 Å². The monoisotopic (exact) mass is 665 g/mol. The maximum Gasteiger partial charge on any atom is 0.417 e. The minimum atomic E-state index is -5.02. The van der Waals surface area contributed by atoms with Gasteiger partial charge in [-0.1, -0.05) is 35.3 Å². The van der Waals surface area contributed by atoms with E-state index < -0.39 is 55.7 Å². The van der Waals surface area contributed by atoms with Gasteiger partial charge in [-0.2, -0.15) is 36.0 Å². The molecular formula is C26H23Cl2F6N7O3. The first-order chi connectivity index (χ1) is 20.6. The molecule has 1 atom stereocenters. The van der Waals surface area contributed by atoms with Gasteiger partial charge in [0.1, 0.15) is 6.54 Å². The van der Waals surface area contributed by atoms with Crippen LogP contribution in [-0.4, -0.2) is 76.5 Å². The first-order valence-corrected chi connectivity index (χ1v) is 13.8. The standard InChI is InChI=1S/C26H23Cl2F6N7O3/c27-16-7-5-15(6-8-16)21-37-40(23(43)39(21)13-19(42)25(29,30)31)14-20-35-22(41(36-20)18-4-2-1-3-17(18)28)38-11-9-24(44,10-12-38)26(32,33)34/h1-8,19,42,44H,9-14H2/t19-/m0/s1. The maximum absolute atomic E-state index is 13.4. The van der Waals surface area contributed by atoms with Crippen molar-refractivity contribution in [2.24, 2.45) is 0 Å². The Morgan fingerprint density at radius 2 is 1.59 bits per heavy atom. The summed E-state index contributed by atoms with van der Waals surface area (Å²) in [5.41, 5.74) is -3.34. The number of aliphatic hydroxyl groups excluding tert-OH is 1. The zero-order valence-electron chi connectivity index (χ0n) is 22.4. The fraction of sp³-hybridized carbons (Fsp3) is 0.385. The van der Waals surface area contributed by atoms with Crippen molar-refractivity contribution >= 4 is 29.2 Å². The van der Waals surface area contributed by atoms with Crippen molar-refractivity contribution in [2.75, 3.05) is 18.0 Å². The number of aromatic nitrogens is 6. The molecule has 1 aliphatic heterocycles. The first-order valence-electron chi connectivity index (χ1n) is 13.0. The summed E-state index contributed by atoms with van der Waals surface area (Å²) < 4.78 is 82.6. The normalized spacial score (nSPS) is 16.4. The van der Waals surface area contributed by atoms with E-state index in [4.69, 9.17) is 23.2 Å². The third-order valence-electron chi connectivity index (χ3n) is 7.17. The Kier molecular flexibility index (Phi) is 8.48. The van der Waals surface area contributed by atoms with Crippen molar-refractivity contribution in [3.8, 4) is 17.1 Å². The highest BCUT2D eigenvalue weighted by Crippen LogP contribution is 2.39. The predicted molar refractivity (Wildman–Crippen MR) is 147 cm³/mol. The van der Waals surface area contributed by atoms with Gasteiger partial charge in [-0.05, 0) is 36.4 Å². The van der Waals surface area contributed by atoms with Crippen LogP contribution in [0, 0.1) is 0 Å². The SMILES string of the molecule is O=c1n(Cc2nc(N3CCC(O)(C(F)(F)F)CC3)n(-c3ccccc3Cl)n2)nc(-c2ccc(Cl)cc2)n1C[C@H](O)C(F)(F)F. The van der Waals surface area contributed by atoms with Crippen LogP contribution in [0.1, 0.15) is 18.7 Å². The van der Waals surface area contributed by atoms with E-state index in [1.807, 2.05) is 0 Å². The van der Waals surface area contributed by atoms with Crippen LogP contribution >= 0.6 is 23.2 Å². The lowest BCUT2D eigenvalue weighted by Gasteiger charge is -2.39. The van der Waals surface area contributed by atoms with E-state index in [0.29, 0.717) is 15.3 Å². The summed E-state index contributed by atoms with van der Waals surface area (Å²) in [7, 11) is 0. The lowest BCUT2D eigenvalue weighted by molar-refractivity contribution is -0.266.